The van der Waals surface area contributed by atoms with Gasteiger partial charge in [-0.3, -0.25) is 4.79 Å². The zero-order valence-electron chi connectivity index (χ0n) is 10.7. The number of benzene rings is 1. The van der Waals surface area contributed by atoms with E-state index >= 15 is 0 Å². The third kappa shape index (κ3) is 3.26. The molecule has 1 aliphatic carbocycles. The van der Waals surface area contributed by atoms with Crippen molar-refractivity contribution in [1.29, 1.82) is 0 Å². The maximum absolute atomic E-state index is 11.9. The lowest BCUT2D eigenvalue weighted by Gasteiger charge is -2.19. The van der Waals surface area contributed by atoms with Gasteiger partial charge in [0.2, 0.25) is 0 Å². The molecule has 0 bridgehead atoms. The van der Waals surface area contributed by atoms with Crippen molar-refractivity contribution in [2.24, 2.45) is 5.92 Å². The first-order chi connectivity index (χ1) is 8.70. The molecule has 0 aliphatic heterocycles. The van der Waals surface area contributed by atoms with E-state index in [0.29, 0.717) is 10.9 Å². The number of methoxy groups -OCH3 is 1. The molecule has 1 saturated carbocycles. The number of hydrogen-bond acceptors (Lipinski definition) is 2. The zero-order valence-corrected chi connectivity index (χ0v) is 11.5. The Labute approximate surface area is 113 Å². The molecule has 3 heteroatoms. The highest BCUT2D eigenvalue weighted by molar-refractivity contribution is 6.30. The summed E-state index contributed by atoms with van der Waals surface area (Å²) in [6, 6.07) is 7.55. The largest absolute Gasteiger partial charge is 0.469 e. The minimum absolute atomic E-state index is 0.149. The lowest BCUT2D eigenvalue weighted by Crippen LogP contribution is -2.17. The average Bonchev–Trinajstić information content (AvgIpc) is 2.88. The van der Waals surface area contributed by atoms with E-state index in [9.17, 15) is 4.79 Å². The first-order valence-corrected chi connectivity index (χ1v) is 6.92. The quantitative estimate of drug-likeness (QED) is 0.765. The standard InChI is InChI=1S/C15H19ClO2/c1-18-15(17)14(9-11-5-2-3-6-11)12-7-4-8-13(16)10-12/h4,7-8,10-11,14H,2-3,5-6,9H2,1H3/t14-/m1/s1. The number of esters is 1. The van der Waals surface area contributed by atoms with E-state index in [4.69, 9.17) is 16.3 Å². The van der Waals surface area contributed by atoms with E-state index in [0.717, 1.165) is 12.0 Å². The van der Waals surface area contributed by atoms with Crippen LogP contribution in [0.3, 0.4) is 0 Å². The second-order valence-corrected chi connectivity index (χ2v) is 5.45. The summed E-state index contributed by atoms with van der Waals surface area (Å²) in [5.41, 5.74) is 0.973. The molecule has 1 atom stereocenters. The Balaban J connectivity index is 2.16. The van der Waals surface area contributed by atoms with Gasteiger partial charge < -0.3 is 4.74 Å². The summed E-state index contributed by atoms with van der Waals surface area (Å²) < 4.78 is 4.93. The van der Waals surface area contributed by atoms with Crippen LogP contribution in [0, 0.1) is 5.92 Å². The van der Waals surface area contributed by atoms with Crippen molar-refractivity contribution in [3.63, 3.8) is 0 Å². The van der Waals surface area contributed by atoms with Gasteiger partial charge in [-0.2, -0.15) is 0 Å². The Bertz CT molecular complexity index is 411. The van der Waals surface area contributed by atoms with Crippen LogP contribution < -0.4 is 0 Å². The second-order valence-electron chi connectivity index (χ2n) is 5.02. The van der Waals surface area contributed by atoms with Crippen LogP contribution in [0.15, 0.2) is 24.3 Å². The first kappa shape index (κ1) is 13.4. The molecule has 0 aromatic heterocycles. The summed E-state index contributed by atoms with van der Waals surface area (Å²) in [6.45, 7) is 0. The molecule has 0 unspecified atom stereocenters. The molecule has 0 N–H and O–H groups in total. The molecule has 2 nitrogen and oxygen atoms in total. The normalized spacial score (nSPS) is 17.7. The molecule has 0 amide bonds. The SMILES string of the molecule is COC(=O)[C@H](CC1CCCC1)c1cccc(Cl)c1. The monoisotopic (exact) mass is 266 g/mol. The van der Waals surface area contributed by atoms with Gasteiger partial charge in [0.25, 0.3) is 0 Å². The van der Waals surface area contributed by atoms with Crippen molar-refractivity contribution < 1.29 is 9.53 Å². The van der Waals surface area contributed by atoms with Crippen LogP contribution in [0.5, 0.6) is 0 Å². The predicted octanol–water partition coefficient (Wildman–Crippen LogP) is 4.18. The Morgan fingerprint density at radius 2 is 2.17 bits per heavy atom. The molecule has 1 aromatic rings. The van der Waals surface area contributed by atoms with Crippen molar-refractivity contribution >= 4 is 17.6 Å². The molecule has 18 heavy (non-hydrogen) atoms. The van der Waals surface area contributed by atoms with E-state index in [2.05, 4.69) is 0 Å². The van der Waals surface area contributed by atoms with Crippen LogP contribution in [0.1, 0.15) is 43.6 Å². The molecule has 1 aliphatic rings. The average molecular weight is 267 g/mol. The zero-order chi connectivity index (χ0) is 13.0. The minimum atomic E-state index is -0.170. The summed E-state index contributed by atoms with van der Waals surface area (Å²) in [5.74, 6) is 0.328. The van der Waals surface area contributed by atoms with Crippen LogP contribution in [-0.2, 0) is 9.53 Å². The number of rotatable bonds is 4. The summed E-state index contributed by atoms with van der Waals surface area (Å²) in [4.78, 5) is 11.9. The van der Waals surface area contributed by atoms with Crippen LogP contribution in [0.4, 0.5) is 0 Å². The lowest BCUT2D eigenvalue weighted by molar-refractivity contribution is -0.142. The van der Waals surface area contributed by atoms with Gasteiger partial charge >= 0.3 is 5.97 Å². The Kier molecular flexibility index (Phi) is 4.65. The van der Waals surface area contributed by atoms with Crippen molar-refractivity contribution in [1.82, 2.24) is 0 Å². The number of hydrogen-bond donors (Lipinski definition) is 0. The number of carbonyl (C=O) groups is 1. The molecule has 0 spiro atoms. The number of halogens is 1. The van der Waals surface area contributed by atoms with Gasteiger partial charge in [-0.05, 0) is 30.0 Å². The smallest absolute Gasteiger partial charge is 0.313 e. The molecule has 1 fully saturated rings. The number of ether oxygens (including phenoxy) is 1. The van der Waals surface area contributed by atoms with Crippen LogP contribution >= 0.6 is 11.6 Å². The Morgan fingerprint density at radius 1 is 1.44 bits per heavy atom. The highest BCUT2D eigenvalue weighted by Crippen LogP contribution is 2.35. The lowest BCUT2D eigenvalue weighted by atomic mass is 9.88. The molecular weight excluding hydrogens is 248 g/mol. The van der Waals surface area contributed by atoms with Crippen LogP contribution in [-0.4, -0.2) is 13.1 Å². The van der Waals surface area contributed by atoms with Gasteiger partial charge in [-0.25, -0.2) is 0 Å². The first-order valence-electron chi connectivity index (χ1n) is 6.54. The maximum Gasteiger partial charge on any atom is 0.313 e. The molecule has 0 heterocycles. The summed E-state index contributed by atoms with van der Waals surface area (Å²) in [5, 5.41) is 0.674. The summed E-state index contributed by atoms with van der Waals surface area (Å²) >= 11 is 6.00. The van der Waals surface area contributed by atoms with E-state index in [1.807, 2.05) is 24.3 Å². The van der Waals surface area contributed by atoms with Gasteiger partial charge in [0.05, 0.1) is 13.0 Å². The fourth-order valence-corrected chi connectivity index (χ4v) is 3.01. The fourth-order valence-electron chi connectivity index (χ4n) is 2.81. The van der Waals surface area contributed by atoms with Gasteiger partial charge in [0.15, 0.2) is 0 Å². The van der Waals surface area contributed by atoms with Gasteiger partial charge in [-0.15, -0.1) is 0 Å². The third-order valence-electron chi connectivity index (χ3n) is 3.78. The molecular formula is C15H19ClO2. The second kappa shape index (κ2) is 6.24. The van der Waals surface area contributed by atoms with Gasteiger partial charge in [-0.1, -0.05) is 49.4 Å². The Hall–Kier alpha value is -1.02. The van der Waals surface area contributed by atoms with E-state index in [1.54, 1.807) is 0 Å². The van der Waals surface area contributed by atoms with Gasteiger partial charge in [0.1, 0.15) is 0 Å². The molecule has 2 rings (SSSR count). The summed E-state index contributed by atoms with van der Waals surface area (Å²) in [6.07, 6.45) is 5.91. The fraction of sp³-hybridized carbons (Fsp3) is 0.533. The maximum atomic E-state index is 11.9. The van der Waals surface area contributed by atoms with Crippen LogP contribution in [0.2, 0.25) is 5.02 Å². The topological polar surface area (TPSA) is 26.3 Å². The van der Waals surface area contributed by atoms with E-state index < -0.39 is 0 Å². The molecule has 0 saturated heterocycles. The number of carbonyl (C=O) groups excluding carboxylic acids is 1. The van der Waals surface area contributed by atoms with Crippen molar-refractivity contribution in [2.45, 2.75) is 38.0 Å². The minimum Gasteiger partial charge on any atom is -0.469 e. The van der Waals surface area contributed by atoms with Crippen molar-refractivity contribution in [2.75, 3.05) is 7.11 Å². The van der Waals surface area contributed by atoms with Crippen molar-refractivity contribution in [3.8, 4) is 0 Å². The predicted molar refractivity (Wildman–Crippen MR) is 72.8 cm³/mol. The Morgan fingerprint density at radius 3 is 2.78 bits per heavy atom. The van der Waals surface area contributed by atoms with Gasteiger partial charge in [0, 0.05) is 5.02 Å². The molecule has 0 radical (unpaired) electrons. The highest BCUT2D eigenvalue weighted by atomic mass is 35.5. The molecule has 98 valence electrons. The highest BCUT2D eigenvalue weighted by Gasteiger charge is 2.27. The summed E-state index contributed by atoms with van der Waals surface area (Å²) in [7, 11) is 1.45. The van der Waals surface area contributed by atoms with E-state index in [-0.39, 0.29) is 11.9 Å². The van der Waals surface area contributed by atoms with Crippen LogP contribution in [0.25, 0.3) is 0 Å². The molecule has 1 aromatic carbocycles. The van der Waals surface area contributed by atoms with Crippen molar-refractivity contribution in [3.05, 3.63) is 34.9 Å². The third-order valence-corrected chi connectivity index (χ3v) is 4.02. The van der Waals surface area contributed by atoms with E-state index in [1.165, 1.54) is 32.8 Å².